The summed E-state index contributed by atoms with van der Waals surface area (Å²) in [6.07, 6.45) is 8.32. The van der Waals surface area contributed by atoms with Gasteiger partial charge in [0.1, 0.15) is 5.75 Å². The summed E-state index contributed by atoms with van der Waals surface area (Å²) >= 11 is 0. The van der Waals surface area contributed by atoms with Gasteiger partial charge in [-0.25, -0.2) is 13.1 Å². The first-order chi connectivity index (χ1) is 13.4. The Hall–Kier alpha value is -1.60. The number of rotatable bonds is 8. The Kier molecular flexibility index (Phi) is 5.40. The molecule has 4 bridgehead atoms. The number of amides is 1. The molecule has 154 valence electrons. The van der Waals surface area contributed by atoms with Crippen LogP contribution in [0.4, 0.5) is 0 Å². The van der Waals surface area contributed by atoms with Crippen molar-refractivity contribution in [1.29, 1.82) is 0 Å². The lowest BCUT2D eigenvalue weighted by Gasteiger charge is -2.56. The molecule has 28 heavy (non-hydrogen) atoms. The highest BCUT2D eigenvalue weighted by Crippen LogP contribution is 2.61. The number of ether oxygens (including phenoxy) is 1. The van der Waals surface area contributed by atoms with Gasteiger partial charge in [0.05, 0.1) is 12.0 Å². The van der Waals surface area contributed by atoms with Crippen molar-refractivity contribution < 1.29 is 17.9 Å². The van der Waals surface area contributed by atoms with Crippen LogP contribution in [0.25, 0.3) is 0 Å². The molecule has 4 aliphatic carbocycles. The molecular formula is C21H30N2O4S. The van der Waals surface area contributed by atoms with Crippen molar-refractivity contribution in [2.45, 2.75) is 49.8 Å². The molecule has 0 atom stereocenters. The minimum Gasteiger partial charge on any atom is -0.497 e. The smallest absolute Gasteiger partial charge is 0.240 e. The number of sulfonamides is 1. The number of hydrogen-bond acceptors (Lipinski definition) is 4. The largest absolute Gasteiger partial charge is 0.497 e. The summed E-state index contributed by atoms with van der Waals surface area (Å²) in [7, 11) is -2.05. The van der Waals surface area contributed by atoms with Gasteiger partial charge in [-0.05, 0) is 86.0 Å². The van der Waals surface area contributed by atoms with E-state index in [1.807, 2.05) is 0 Å². The molecule has 4 saturated carbocycles. The maximum atomic E-state index is 12.5. The molecule has 0 aliphatic heterocycles. The summed E-state index contributed by atoms with van der Waals surface area (Å²) in [6.45, 7) is 0.488. The first-order valence-electron chi connectivity index (χ1n) is 10.3. The Labute approximate surface area is 167 Å². The van der Waals surface area contributed by atoms with E-state index in [4.69, 9.17) is 4.74 Å². The van der Waals surface area contributed by atoms with Gasteiger partial charge in [0, 0.05) is 19.5 Å². The van der Waals surface area contributed by atoms with Crippen LogP contribution in [0.2, 0.25) is 0 Å². The van der Waals surface area contributed by atoms with Crippen molar-refractivity contribution >= 4 is 15.9 Å². The SMILES string of the molecule is COc1ccc(S(=O)(=O)NCCNC(=O)CC23CC4CC(CC(C4)C2)C3)cc1. The lowest BCUT2D eigenvalue weighted by molar-refractivity contribution is -0.129. The summed E-state index contributed by atoms with van der Waals surface area (Å²) in [6, 6.07) is 6.24. The van der Waals surface area contributed by atoms with Gasteiger partial charge in [0.2, 0.25) is 15.9 Å². The standard InChI is InChI=1S/C21H30N2O4S/c1-27-18-2-4-19(5-3-18)28(25,26)23-7-6-22-20(24)14-21-11-15-8-16(12-21)10-17(9-15)13-21/h2-5,15-17,23H,6-14H2,1H3,(H,22,24). The van der Waals surface area contributed by atoms with E-state index in [-0.39, 0.29) is 22.8 Å². The lowest BCUT2D eigenvalue weighted by atomic mass is 9.49. The third-order valence-corrected chi connectivity index (χ3v) is 8.29. The number of carbonyl (C=O) groups excluding carboxylic acids is 1. The molecule has 1 aromatic rings. The number of nitrogens with one attached hydrogen (secondary N) is 2. The summed E-state index contributed by atoms with van der Waals surface area (Å²) in [4.78, 5) is 12.7. The molecule has 1 amide bonds. The Morgan fingerprint density at radius 3 is 2.14 bits per heavy atom. The molecule has 0 spiro atoms. The van der Waals surface area contributed by atoms with Gasteiger partial charge < -0.3 is 10.1 Å². The summed E-state index contributed by atoms with van der Waals surface area (Å²) < 4.78 is 32.2. The molecular weight excluding hydrogens is 376 g/mol. The van der Waals surface area contributed by atoms with Crippen LogP contribution in [-0.2, 0) is 14.8 Å². The second-order valence-electron chi connectivity index (χ2n) is 9.02. The monoisotopic (exact) mass is 406 g/mol. The van der Waals surface area contributed by atoms with Gasteiger partial charge >= 0.3 is 0 Å². The van der Waals surface area contributed by atoms with Crippen LogP contribution in [0.5, 0.6) is 5.75 Å². The predicted molar refractivity (Wildman–Crippen MR) is 106 cm³/mol. The van der Waals surface area contributed by atoms with Gasteiger partial charge in [0.15, 0.2) is 0 Å². The minimum atomic E-state index is -3.58. The Morgan fingerprint density at radius 2 is 1.61 bits per heavy atom. The van der Waals surface area contributed by atoms with E-state index in [1.54, 1.807) is 12.1 Å². The highest BCUT2D eigenvalue weighted by molar-refractivity contribution is 7.89. The van der Waals surface area contributed by atoms with E-state index < -0.39 is 10.0 Å². The second kappa shape index (κ2) is 7.67. The van der Waals surface area contributed by atoms with Crippen LogP contribution in [0, 0.1) is 23.2 Å². The van der Waals surface area contributed by atoms with E-state index in [0.29, 0.717) is 18.7 Å². The fourth-order valence-electron chi connectivity index (χ4n) is 6.14. The van der Waals surface area contributed by atoms with Crippen molar-refractivity contribution in [2.75, 3.05) is 20.2 Å². The summed E-state index contributed by atoms with van der Waals surface area (Å²) in [5, 5.41) is 2.91. The van der Waals surface area contributed by atoms with Crippen LogP contribution >= 0.6 is 0 Å². The lowest BCUT2D eigenvalue weighted by Crippen LogP contribution is -2.48. The van der Waals surface area contributed by atoms with Gasteiger partial charge in [0.25, 0.3) is 0 Å². The Morgan fingerprint density at radius 1 is 1.04 bits per heavy atom. The average Bonchev–Trinajstić information content (AvgIpc) is 2.64. The predicted octanol–water partition coefficient (Wildman–Crippen LogP) is 2.70. The van der Waals surface area contributed by atoms with Gasteiger partial charge in [-0.1, -0.05) is 0 Å². The fraction of sp³-hybridized carbons (Fsp3) is 0.667. The molecule has 0 aromatic heterocycles. The normalized spacial score (nSPS) is 31.0. The van der Waals surface area contributed by atoms with Gasteiger partial charge in [-0.3, -0.25) is 4.79 Å². The van der Waals surface area contributed by atoms with Crippen LogP contribution < -0.4 is 14.8 Å². The van der Waals surface area contributed by atoms with Crippen molar-refractivity contribution in [3.63, 3.8) is 0 Å². The zero-order valence-corrected chi connectivity index (χ0v) is 17.3. The van der Waals surface area contributed by atoms with E-state index in [2.05, 4.69) is 10.0 Å². The highest BCUT2D eigenvalue weighted by Gasteiger charge is 2.51. The number of benzene rings is 1. The zero-order chi connectivity index (χ0) is 19.8. The summed E-state index contributed by atoms with van der Waals surface area (Å²) in [5.74, 6) is 3.16. The first kappa shape index (κ1) is 19.7. The molecule has 4 aliphatic rings. The summed E-state index contributed by atoms with van der Waals surface area (Å²) in [5.41, 5.74) is 0.210. The topological polar surface area (TPSA) is 84.5 Å². The van der Waals surface area contributed by atoms with E-state index in [0.717, 1.165) is 17.8 Å². The molecule has 2 N–H and O–H groups in total. The maximum Gasteiger partial charge on any atom is 0.240 e. The first-order valence-corrected chi connectivity index (χ1v) is 11.8. The Bertz CT molecular complexity index is 784. The molecule has 1 aromatic carbocycles. The molecule has 0 saturated heterocycles. The molecule has 0 radical (unpaired) electrons. The van der Waals surface area contributed by atoms with Gasteiger partial charge in [-0.2, -0.15) is 0 Å². The van der Waals surface area contributed by atoms with Crippen molar-refractivity contribution in [2.24, 2.45) is 23.2 Å². The molecule has 0 unspecified atom stereocenters. The molecule has 6 nitrogen and oxygen atoms in total. The average molecular weight is 407 g/mol. The van der Waals surface area contributed by atoms with Crippen LogP contribution in [0.15, 0.2) is 29.2 Å². The Balaban J connectivity index is 1.23. The second-order valence-corrected chi connectivity index (χ2v) is 10.8. The maximum absolute atomic E-state index is 12.5. The van der Waals surface area contributed by atoms with Crippen molar-refractivity contribution in [1.82, 2.24) is 10.0 Å². The quantitative estimate of drug-likeness (QED) is 0.650. The number of methoxy groups -OCH3 is 1. The van der Waals surface area contributed by atoms with Gasteiger partial charge in [-0.15, -0.1) is 0 Å². The fourth-order valence-corrected chi connectivity index (χ4v) is 7.17. The number of carbonyl (C=O) groups is 1. The highest BCUT2D eigenvalue weighted by atomic mass is 32.2. The third-order valence-electron chi connectivity index (χ3n) is 6.81. The minimum absolute atomic E-state index is 0.0607. The number of hydrogen-bond donors (Lipinski definition) is 2. The molecule has 5 rings (SSSR count). The van der Waals surface area contributed by atoms with Crippen LogP contribution in [0.1, 0.15) is 44.9 Å². The van der Waals surface area contributed by atoms with Crippen molar-refractivity contribution in [3.05, 3.63) is 24.3 Å². The van der Waals surface area contributed by atoms with E-state index in [9.17, 15) is 13.2 Å². The van der Waals surface area contributed by atoms with E-state index in [1.165, 1.54) is 57.8 Å². The molecule has 0 heterocycles. The molecule has 4 fully saturated rings. The molecule has 7 heteroatoms. The zero-order valence-electron chi connectivity index (χ0n) is 16.4. The van der Waals surface area contributed by atoms with Crippen LogP contribution in [-0.4, -0.2) is 34.5 Å². The third kappa shape index (κ3) is 4.20. The van der Waals surface area contributed by atoms with Crippen molar-refractivity contribution in [3.8, 4) is 5.75 Å². The van der Waals surface area contributed by atoms with Crippen LogP contribution in [0.3, 0.4) is 0 Å². The van der Waals surface area contributed by atoms with E-state index >= 15 is 0 Å².